The van der Waals surface area contributed by atoms with Gasteiger partial charge in [0.2, 0.25) is 5.91 Å². The van der Waals surface area contributed by atoms with Crippen molar-refractivity contribution in [1.29, 1.82) is 0 Å². The molecule has 0 spiro atoms. The van der Waals surface area contributed by atoms with Crippen molar-refractivity contribution < 1.29 is 14.3 Å². The fourth-order valence-corrected chi connectivity index (χ4v) is 4.15. The van der Waals surface area contributed by atoms with Gasteiger partial charge < -0.3 is 20.3 Å². The molecule has 0 bridgehead atoms. The van der Waals surface area contributed by atoms with E-state index in [1.165, 1.54) is 12.8 Å². The molecular formula is C22H33N5O3. The van der Waals surface area contributed by atoms with Gasteiger partial charge in [-0.05, 0) is 64.9 Å². The van der Waals surface area contributed by atoms with Gasteiger partial charge in [-0.1, -0.05) is 0 Å². The molecule has 4 rings (SSSR count). The number of carbonyl (C=O) groups excluding carboxylic acids is 2. The van der Waals surface area contributed by atoms with Crippen LogP contribution in [0.2, 0.25) is 0 Å². The number of nitrogens with zero attached hydrogens (tertiary/aromatic N) is 3. The fourth-order valence-electron chi connectivity index (χ4n) is 4.15. The largest absolute Gasteiger partial charge is 0.444 e. The van der Waals surface area contributed by atoms with Crippen molar-refractivity contribution in [3.05, 3.63) is 24.3 Å². The fraction of sp³-hybridized carbons (Fsp3) is 0.727. The molecule has 2 aliphatic carbocycles. The van der Waals surface area contributed by atoms with Crippen LogP contribution in [0.1, 0.15) is 58.7 Å². The van der Waals surface area contributed by atoms with E-state index in [4.69, 9.17) is 4.74 Å². The summed E-state index contributed by atoms with van der Waals surface area (Å²) < 4.78 is 5.44. The van der Waals surface area contributed by atoms with Gasteiger partial charge >= 0.3 is 6.09 Å². The molecule has 164 valence electrons. The number of hydrogen-bond donors (Lipinski definition) is 2. The summed E-state index contributed by atoms with van der Waals surface area (Å²) in [7, 11) is 0. The van der Waals surface area contributed by atoms with Crippen LogP contribution in [0.3, 0.4) is 0 Å². The van der Waals surface area contributed by atoms with Crippen molar-refractivity contribution in [2.75, 3.05) is 19.6 Å². The van der Waals surface area contributed by atoms with E-state index >= 15 is 0 Å². The molecule has 1 aliphatic heterocycles. The number of amides is 2. The number of aromatic nitrogens is 2. The minimum Gasteiger partial charge on any atom is -0.444 e. The van der Waals surface area contributed by atoms with Gasteiger partial charge in [0.05, 0.1) is 11.5 Å². The molecular weight excluding hydrogens is 382 g/mol. The van der Waals surface area contributed by atoms with Crippen LogP contribution in [-0.4, -0.2) is 58.1 Å². The van der Waals surface area contributed by atoms with Gasteiger partial charge in [0.1, 0.15) is 5.60 Å². The van der Waals surface area contributed by atoms with Gasteiger partial charge in [0.15, 0.2) is 5.82 Å². The summed E-state index contributed by atoms with van der Waals surface area (Å²) in [6, 6.07) is 1.53. The minimum absolute atomic E-state index is 0.0403. The van der Waals surface area contributed by atoms with E-state index in [9.17, 15) is 9.59 Å². The smallest absolute Gasteiger partial charge is 0.407 e. The lowest BCUT2D eigenvalue weighted by molar-refractivity contribution is -0.128. The standard InChI is InChI=1S/C22H33N5O3/c1-21(2,3)30-20(29)25-17-7-12-27(13-15-5-6-15)14-16(17)18(28)26-22(8-9-22)19-23-10-4-11-24-19/h4,10-11,15-17H,5-9,12-14H2,1-3H3,(H,25,29)(H,26,28). The third-order valence-corrected chi connectivity index (χ3v) is 6.06. The van der Waals surface area contributed by atoms with Gasteiger partial charge in [-0.25, -0.2) is 14.8 Å². The van der Waals surface area contributed by atoms with Crippen LogP contribution in [0.5, 0.6) is 0 Å². The molecule has 2 atom stereocenters. The van der Waals surface area contributed by atoms with Gasteiger partial charge in [0.25, 0.3) is 0 Å². The van der Waals surface area contributed by atoms with E-state index in [0.717, 1.165) is 38.3 Å². The van der Waals surface area contributed by atoms with Crippen molar-refractivity contribution in [1.82, 2.24) is 25.5 Å². The lowest BCUT2D eigenvalue weighted by atomic mass is 9.90. The summed E-state index contributed by atoms with van der Waals surface area (Å²) in [4.78, 5) is 36.8. The van der Waals surface area contributed by atoms with Gasteiger partial charge in [-0.2, -0.15) is 0 Å². The third kappa shape index (κ3) is 5.28. The quantitative estimate of drug-likeness (QED) is 0.739. The van der Waals surface area contributed by atoms with E-state index in [2.05, 4.69) is 25.5 Å². The maximum absolute atomic E-state index is 13.4. The van der Waals surface area contributed by atoms with Crippen LogP contribution in [0.4, 0.5) is 4.79 Å². The van der Waals surface area contributed by atoms with Crippen LogP contribution >= 0.6 is 0 Å². The second-order valence-corrected chi connectivity index (χ2v) is 9.99. The Bertz CT molecular complexity index is 771. The Morgan fingerprint density at radius 3 is 2.50 bits per heavy atom. The Balaban J connectivity index is 1.44. The summed E-state index contributed by atoms with van der Waals surface area (Å²) in [6.07, 6.45) is 7.92. The highest BCUT2D eigenvalue weighted by Gasteiger charge is 2.50. The van der Waals surface area contributed by atoms with Crippen LogP contribution < -0.4 is 10.6 Å². The summed E-state index contributed by atoms with van der Waals surface area (Å²) >= 11 is 0. The summed E-state index contributed by atoms with van der Waals surface area (Å²) in [6.45, 7) is 8.08. The summed E-state index contributed by atoms with van der Waals surface area (Å²) in [5.74, 6) is 1.06. The average Bonchev–Trinajstić information content (AvgIpc) is 3.59. The molecule has 2 N–H and O–H groups in total. The average molecular weight is 416 g/mol. The zero-order valence-corrected chi connectivity index (χ0v) is 18.2. The zero-order valence-electron chi connectivity index (χ0n) is 18.2. The topological polar surface area (TPSA) is 96.5 Å². The number of rotatable bonds is 6. The molecule has 30 heavy (non-hydrogen) atoms. The van der Waals surface area contributed by atoms with Crippen molar-refractivity contribution >= 4 is 12.0 Å². The Hall–Kier alpha value is -2.22. The van der Waals surface area contributed by atoms with Crippen LogP contribution in [0, 0.1) is 11.8 Å². The molecule has 3 aliphatic rings. The molecule has 2 amide bonds. The molecule has 8 nitrogen and oxygen atoms in total. The first kappa shape index (κ1) is 21.0. The molecule has 0 radical (unpaired) electrons. The third-order valence-electron chi connectivity index (χ3n) is 6.06. The zero-order chi connectivity index (χ0) is 21.4. The Morgan fingerprint density at radius 1 is 1.20 bits per heavy atom. The van der Waals surface area contributed by atoms with E-state index in [-0.39, 0.29) is 17.9 Å². The summed E-state index contributed by atoms with van der Waals surface area (Å²) in [5.41, 5.74) is -1.04. The number of ether oxygens (including phenoxy) is 1. The van der Waals surface area contributed by atoms with E-state index in [1.54, 1.807) is 18.5 Å². The minimum atomic E-state index is -0.572. The van der Waals surface area contributed by atoms with Gasteiger partial charge in [-0.3, -0.25) is 4.79 Å². The van der Waals surface area contributed by atoms with Gasteiger partial charge in [0, 0.05) is 38.1 Å². The number of carbonyl (C=O) groups is 2. The molecule has 1 saturated heterocycles. The highest BCUT2D eigenvalue weighted by molar-refractivity contribution is 5.82. The van der Waals surface area contributed by atoms with Crippen molar-refractivity contribution in [2.24, 2.45) is 11.8 Å². The highest BCUT2D eigenvalue weighted by atomic mass is 16.6. The van der Waals surface area contributed by atoms with Crippen LogP contribution in [0.15, 0.2) is 18.5 Å². The predicted molar refractivity (Wildman–Crippen MR) is 112 cm³/mol. The highest BCUT2D eigenvalue weighted by Crippen LogP contribution is 2.44. The molecule has 8 heteroatoms. The Morgan fingerprint density at radius 2 is 1.90 bits per heavy atom. The van der Waals surface area contributed by atoms with Crippen LogP contribution in [-0.2, 0) is 15.1 Å². The second kappa shape index (κ2) is 8.13. The molecule has 2 unspecified atom stereocenters. The number of piperidine rings is 1. The van der Waals surface area contributed by atoms with E-state index in [0.29, 0.717) is 12.4 Å². The number of nitrogens with one attached hydrogen (secondary N) is 2. The van der Waals surface area contributed by atoms with Crippen molar-refractivity contribution in [2.45, 2.75) is 70.1 Å². The predicted octanol–water partition coefficient (Wildman–Crippen LogP) is 2.21. The van der Waals surface area contributed by atoms with E-state index < -0.39 is 17.2 Å². The lowest BCUT2D eigenvalue weighted by Gasteiger charge is -2.39. The van der Waals surface area contributed by atoms with Crippen LogP contribution in [0.25, 0.3) is 0 Å². The molecule has 0 aromatic carbocycles. The maximum Gasteiger partial charge on any atom is 0.407 e. The SMILES string of the molecule is CC(C)(C)OC(=O)NC1CCN(CC2CC2)CC1C(=O)NC1(c2ncccn2)CC1. The molecule has 3 fully saturated rings. The number of alkyl carbamates (subject to hydrolysis) is 1. The Labute approximate surface area is 178 Å². The first-order valence-electron chi connectivity index (χ1n) is 11.1. The normalized spacial score (nSPS) is 26.0. The molecule has 2 saturated carbocycles. The molecule has 2 heterocycles. The lowest BCUT2D eigenvalue weighted by Crippen LogP contribution is -2.57. The van der Waals surface area contributed by atoms with Crippen molar-refractivity contribution in [3.8, 4) is 0 Å². The Kier molecular flexibility index (Phi) is 5.70. The molecule has 1 aromatic heterocycles. The summed E-state index contributed by atoms with van der Waals surface area (Å²) in [5, 5.41) is 6.17. The maximum atomic E-state index is 13.4. The van der Waals surface area contributed by atoms with Gasteiger partial charge in [-0.15, -0.1) is 0 Å². The second-order valence-electron chi connectivity index (χ2n) is 9.99. The first-order chi connectivity index (χ1) is 14.2. The monoisotopic (exact) mass is 415 g/mol. The number of likely N-dealkylation sites (tertiary alicyclic amines) is 1. The van der Waals surface area contributed by atoms with Crippen molar-refractivity contribution in [3.63, 3.8) is 0 Å². The molecule has 1 aromatic rings. The first-order valence-corrected chi connectivity index (χ1v) is 11.1. The van der Waals surface area contributed by atoms with E-state index in [1.807, 2.05) is 20.8 Å². The number of hydrogen-bond acceptors (Lipinski definition) is 6.